The molecule has 5 aromatic rings. The molecule has 0 spiro atoms. The van der Waals surface area contributed by atoms with Gasteiger partial charge in [0.15, 0.2) is 5.01 Å². The topological polar surface area (TPSA) is 110 Å². The number of aryl methyl sites for hydroxylation is 1. The Kier molecular flexibility index (Phi) is 4.15. The van der Waals surface area contributed by atoms with Gasteiger partial charge in [-0.25, -0.2) is 13.9 Å². The first-order valence-corrected chi connectivity index (χ1v) is 10.7. The van der Waals surface area contributed by atoms with Crippen molar-refractivity contribution in [2.75, 3.05) is 6.54 Å². The van der Waals surface area contributed by atoms with E-state index in [-0.39, 0.29) is 16.7 Å². The molecule has 0 bridgehead atoms. The standard InChI is InChI=1S/C20H16FN9OS/c1-28-7-4-13(26-28)18-24-25-19(32-18)20(31)29-8-5-12-16(23-10-22-12)17(29)14-9-15-11(21)3-2-6-30(15)27-14/h2-4,6-7,9-10,17H,5,8H2,1H3,(H,22,23)/t17-/m1/s1. The zero-order valence-electron chi connectivity index (χ0n) is 16.8. The van der Waals surface area contributed by atoms with Crippen LogP contribution in [0.1, 0.15) is 32.9 Å². The van der Waals surface area contributed by atoms with Crippen molar-refractivity contribution in [1.29, 1.82) is 0 Å². The molecule has 0 saturated carbocycles. The number of nitrogens with zero attached hydrogens (tertiary/aromatic N) is 8. The van der Waals surface area contributed by atoms with E-state index in [0.29, 0.717) is 40.6 Å². The van der Waals surface area contributed by atoms with Gasteiger partial charge in [0.25, 0.3) is 5.91 Å². The van der Waals surface area contributed by atoms with Crippen LogP contribution in [-0.4, -0.2) is 56.9 Å². The Morgan fingerprint density at radius 1 is 1.25 bits per heavy atom. The van der Waals surface area contributed by atoms with E-state index in [9.17, 15) is 9.18 Å². The lowest BCUT2D eigenvalue weighted by atomic mass is 9.99. The van der Waals surface area contributed by atoms with E-state index in [0.717, 1.165) is 5.69 Å². The summed E-state index contributed by atoms with van der Waals surface area (Å²) in [5.41, 5.74) is 3.16. The maximum Gasteiger partial charge on any atom is 0.285 e. The highest BCUT2D eigenvalue weighted by molar-refractivity contribution is 7.16. The van der Waals surface area contributed by atoms with Gasteiger partial charge in [-0.3, -0.25) is 9.48 Å². The van der Waals surface area contributed by atoms with E-state index in [1.807, 2.05) is 13.1 Å². The average molecular weight is 449 g/mol. The highest BCUT2D eigenvalue weighted by Crippen LogP contribution is 2.35. The number of imidazole rings is 1. The molecule has 160 valence electrons. The van der Waals surface area contributed by atoms with Gasteiger partial charge in [-0.1, -0.05) is 11.3 Å². The van der Waals surface area contributed by atoms with Crippen LogP contribution in [0.25, 0.3) is 16.2 Å². The van der Waals surface area contributed by atoms with Gasteiger partial charge in [0.2, 0.25) is 5.01 Å². The minimum Gasteiger partial charge on any atom is -0.348 e. The summed E-state index contributed by atoms with van der Waals surface area (Å²) in [5.74, 6) is -0.660. The molecule has 1 atom stereocenters. The summed E-state index contributed by atoms with van der Waals surface area (Å²) >= 11 is 1.19. The first kappa shape index (κ1) is 18.8. The molecule has 1 N–H and O–H groups in total. The molecule has 5 aromatic heterocycles. The van der Waals surface area contributed by atoms with E-state index in [2.05, 4.69) is 30.4 Å². The summed E-state index contributed by atoms with van der Waals surface area (Å²) in [4.78, 5) is 22.8. The van der Waals surface area contributed by atoms with Gasteiger partial charge in [0.1, 0.15) is 23.1 Å². The Morgan fingerprint density at radius 3 is 2.97 bits per heavy atom. The molecule has 0 aliphatic carbocycles. The lowest BCUT2D eigenvalue weighted by Gasteiger charge is -2.33. The minimum atomic E-state index is -0.570. The minimum absolute atomic E-state index is 0.254. The number of aromatic amines is 1. The molecule has 0 radical (unpaired) electrons. The summed E-state index contributed by atoms with van der Waals surface area (Å²) in [7, 11) is 1.81. The van der Waals surface area contributed by atoms with Gasteiger partial charge in [0.05, 0.1) is 17.7 Å². The maximum absolute atomic E-state index is 14.3. The Balaban J connectivity index is 1.41. The fraction of sp³-hybridized carbons (Fsp3) is 0.200. The number of nitrogens with one attached hydrogen (secondary N) is 1. The van der Waals surface area contributed by atoms with Crippen LogP contribution in [0.3, 0.4) is 0 Å². The van der Waals surface area contributed by atoms with Crippen LogP contribution in [0, 0.1) is 5.82 Å². The largest absolute Gasteiger partial charge is 0.348 e. The zero-order valence-corrected chi connectivity index (χ0v) is 17.6. The van der Waals surface area contributed by atoms with Crippen molar-refractivity contribution in [2.45, 2.75) is 12.5 Å². The third-order valence-corrected chi connectivity index (χ3v) is 6.41. The molecule has 1 aliphatic heterocycles. The number of hydrogen-bond donors (Lipinski definition) is 1. The Morgan fingerprint density at radius 2 is 2.16 bits per heavy atom. The van der Waals surface area contributed by atoms with Crippen LogP contribution < -0.4 is 0 Å². The van der Waals surface area contributed by atoms with Crippen LogP contribution in [0.2, 0.25) is 0 Å². The van der Waals surface area contributed by atoms with Gasteiger partial charge in [-0.15, -0.1) is 10.2 Å². The van der Waals surface area contributed by atoms with Gasteiger partial charge in [0, 0.05) is 38.1 Å². The van der Waals surface area contributed by atoms with Crippen LogP contribution in [0.4, 0.5) is 4.39 Å². The second-order valence-corrected chi connectivity index (χ2v) is 8.44. The molecule has 0 fully saturated rings. The second kappa shape index (κ2) is 7.05. The number of aromatic nitrogens is 8. The number of carbonyl (C=O) groups is 1. The first-order valence-electron chi connectivity index (χ1n) is 9.89. The number of carbonyl (C=O) groups excluding carboxylic acids is 1. The van der Waals surface area contributed by atoms with Crippen LogP contribution >= 0.6 is 11.3 Å². The molecule has 1 amide bonds. The van der Waals surface area contributed by atoms with Crippen molar-refractivity contribution in [3.63, 3.8) is 0 Å². The Hall–Kier alpha value is -3.93. The number of halogens is 1. The van der Waals surface area contributed by atoms with Crippen molar-refractivity contribution >= 4 is 22.8 Å². The predicted octanol–water partition coefficient (Wildman–Crippen LogP) is 2.24. The molecular weight excluding hydrogens is 433 g/mol. The molecule has 32 heavy (non-hydrogen) atoms. The molecule has 0 saturated heterocycles. The summed E-state index contributed by atoms with van der Waals surface area (Å²) in [6, 6.07) is 5.87. The molecular formula is C20H16FN9OS. The summed E-state index contributed by atoms with van der Waals surface area (Å²) in [5, 5.41) is 18.0. The Labute approximate surface area is 184 Å². The van der Waals surface area contributed by atoms with Gasteiger partial charge in [-0.2, -0.15) is 10.2 Å². The molecule has 6 rings (SSSR count). The average Bonchev–Trinajstić information content (AvgIpc) is 3.57. The molecule has 0 aromatic carbocycles. The fourth-order valence-corrected chi connectivity index (χ4v) is 4.76. The van der Waals surface area contributed by atoms with Crippen molar-refractivity contribution in [3.05, 3.63) is 70.9 Å². The first-order chi connectivity index (χ1) is 15.6. The number of pyridine rings is 1. The molecule has 12 heteroatoms. The third-order valence-electron chi connectivity index (χ3n) is 5.48. The number of rotatable bonds is 3. The Bertz CT molecular complexity index is 1460. The van der Waals surface area contributed by atoms with E-state index in [1.54, 1.807) is 40.4 Å². The third kappa shape index (κ3) is 2.91. The van der Waals surface area contributed by atoms with Gasteiger partial charge >= 0.3 is 0 Å². The summed E-state index contributed by atoms with van der Waals surface area (Å²) in [6.45, 7) is 0.438. The molecule has 1 aliphatic rings. The van der Waals surface area contributed by atoms with Crippen LogP contribution in [0.15, 0.2) is 43.0 Å². The number of fused-ring (bicyclic) bond motifs is 2. The highest BCUT2D eigenvalue weighted by Gasteiger charge is 2.37. The van der Waals surface area contributed by atoms with Crippen LogP contribution in [0.5, 0.6) is 0 Å². The number of H-pyrrole nitrogens is 1. The lowest BCUT2D eigenvalue weighted by molar-refractivity contribution is 0.0685. The SMILES string of the molecule is Cn1ccc(-c2nnc(C(=O)N3CCc4[nH]cnc4[C@H]3c3cc4c(F)cccn4n3)s2)n1. The van der Waals surface area contributed by atoms with E-state index in [1.165, 1.54) is 21.9 Å². The van der Waals surface area contributed by atoms with Crippen LogP contribution in [-0.2, 0) is 13.5 Å². The molecule has 10 nitrogen and oxygen atoms in total. The van der Waals surface area contributed by atoms with Gasteiger partial charge in [-0.05, 0) is 24.3 Å². The zero-order chi connectivity index (χ0) is 21.8. The predicted molar refractivity (Wildman–Crippen MR) is 112 cm³/mol. The number of amides is 1. The van der Waals surface area contributed by atoms with Gasteiger partial charge < -0.3 is 9.88 Å². The quantitative estimate of drug-likeness (QED) is 0.452. The fourth-order valence-electron chi connectivity index (χ4n) is 3.99. The second-order valence-electron chi connectivity index (χ2n) is 7.46. The summed E-state index contributed by atoms with van der Waals surface area (Å²) in [6.07, 6.45) is 5.70. The normalized spacial score (nSPS) is 15.9. The smallest absolute Gasteiger partial charge is 0.285 e. The van der Waals surface area contributed by atoms with E-state index < -0.39 is 6.04 Å². The van der Waals surface area contributed by atoms with Crippen molar-refractivity contribution in [2.24, 2.45) is 7.05 Å². The van der Waals surface area contributed by atoms with E-state index >= 15 is 0 Å². The molecule has 6 heterocycles. The van der Waals surface area contributed by atoms with E-state index in [4.69, 9.17) is 0 Å². The molecule has 0 unspecified atom stereocenters. The van der Waals surface area contributed by atoms with Crippen molar-refractivity contribution < 1.29 is 9.18 Å². The maximum atomic E-state index is 14.3. The lowest BCUT2D eigenvalue weighted by Crippen LogP contribution is -2.41. The monoisotopic (exact) mass is 449 g/mol. The van der Waals surface area contributed by atoms with Crippen molar-refractivity contribution in [1.82, 2.24) is 44.5 Å². The summed E-state index contributed by atoms with van der Waals surface area (Å²) < 4.78 is 17.4. The van der Waals surface area contributed by atoms with Crippen molar-refractivity contribution in [3.8, 4) is 10.7 Å². The highest BCUT2D eigenvalue weighted by atomic mass is 32.1. The number of hydrogen-bond acceptors (Lipinski definition) is 7.